The Kier molecular flexibility index (Phi) is 3.13. The van der Waals surface area contributed by atoms with Crippen LogP contribution in [0.4, 0.5) is 0 Å². The molecule has 0 fully saturated rings. The van der Waals surface area contributed by atoms with Gasteiger partial charge in [-0.15, -0.1) is 0 Å². The second kappa shape index (κ2) is 2.92. The smallest absolute Gasteiger partial charge is 0.186 e. The van der Waals surface area contributed by atoms with Crippen LogP contribution < -0.4 is 0 Å². The van der Waals surface area contributed by atoms with E-state index in [1.807, 2.05) is 6.92 Å². The van der Waals surface area contributed by atoms with E-state index in [0.717, 1.165) is 6.42 Å². The second-order valence-electron chi connectivity index (χ2n) is 1.85. The highest BCUT2D eigenvalue weighted by Crippen LogP contribution is 2.42. The Morgan fingerprint density at radius 3 is 2.00 bits per heavy atom. The monoisotopic (exact) mass is 154 g/mol. The number of rotatable bonds is 2. The van der Waals surface area contributed by atoms with Crippen LogP contribution in [-0.4, -0.2) is 15.4 Å². The van der Waals surface area contributed by atoms with Crippen molar-refractivity contribution in [2.75, 3.05) is 0 Å². The molecule has 2 N–H and O–H groups in total. The van der Waals surface area contributed by atoms with Gasteiger partial charge in [0.1, 0.15) is 0 Å². The summed E-state index contributed by atoms with van der Waals surface area (Å²) in [6, 6.07) is 0. The number of hydrogen-bond donors (Lipinski definition) is 2. The molecule has 0 heterocycles. The van der Waals surface area contributed by atoms with Crippen LogP contribution in [0.1, 0.15) is 20.3 Å². The Labute approximate surface area is 54.7 Å². The molecule has 0 aliphatic heterocycles. The maximum Gasteiger partial charge on any atom is 0.186 e. The van der Waals surface area contributed by atoms with Gasteiger partial charge in [0.2, 0.25) is 0 Å². The molecule has 0 radical (unpaired) electrons. The molecule has 0 aromatic heterocycles. The lowest BCUT2D eigenvalue weighted by atomic mass is 10.4. The molecule has 0 aliphatic carbocycles. The fourth-order valence-electron chi connectivity index (χ4n) is 0.238. The standard InChI is InChI=1S/C4H11O2PS/c1-3-4(2)7(5,6)8/h4H,3H2,1-2H3,(H2,5,6,8). The third-order valence-electron chi connectivity index (χ3n) is 1.17. The van der Waals surface area contributed by atoms with Crippen LogP contribution in [0.25, 0.3) is 0 Å². The van der Waals surface area contributed by atoms with Gasteiger partial charge < -0.3 is 9.79 Å². The molecule has 0 bridgehead atoms. The van der Waals surface area contributed by atoms with E-state index in [4.69, 9.17) is 9.79 Å². The van der Waals surface area contributed by atoms with E-state index < -0.39 is 6.49 Å². The molecule has 4 heteroatoms. The Morgan fingerprint density at radius 1 is 1.62 bits per heavy atom. The van der Waals surface area contributed by atoms with E-state index in [-0.39, 0.29) is 5.66 Å². The third-order valence-corrected chi connectivity index (χ3v) is 3.76. The van der Waals surface area contributed by atoms with Gasteiger partial charge in [0.25, 0.3) is 0 Å². The minimum atomic E-state index is -2.92. The zero-order valence-electron chi connectivity index (χ0n) is 5.03. The highest BCUT2D eigenvalue weighted by atomic mass is 32.5. The van der Waals surface area contributed by atoms with Gasteiger partial charge in [-0.1, -0.05) is 13.8 Å². The highest BCUT2D eigenvalue weighted by Gasteiger charge is 2.15. The molecule has 2 nitrogen and oxygen atoms in total. The topological polar surface area (TPSA) is 40.5 Å². The largest absolute Gasteiger partial charge is 0.345 e. The van der Waals surface area contributed by atoms with Crippen LogP contribution in [0.5, 0.6) is 0 Å². The zero-order valence-corrected chi connectivity index (χ0v) is 6.75. The molecule has 0 aromatic carbocycles. The summed E-state index contributed by atoms with van der Waals surface area (Å²) < 4.78 is 0. The minimum absolute atomic E-state index is 0.113. The van der Waals surface area contributed by atoms with E-state index in [1.165, 1.54) is 0 Å². The van der Waals surface area contributed by atoms with Gasteiger partial charge in [-0.3, -0.25) is 0 Å². The first kappa shape index (κ1) is 8.57. The van der Waals surface area contributed by atoms with Gasteiger partial charge in [0.05, 0.1) is 0 Å². The minimum Gasteiger partial charge on any atom is -0.345 e. The molecule has 8 heavy (non-hydrogen) atoms. The van der Waals surface area contributed by atoms with E-state index in [0.29, 0.717) is 0 Å². The van der Waals surface area contributed by atoms with Crippen molar-refractivity contribution in [2.24, 2.45) is 0 Å². The molecular formula is C4H11O2PS. The maximum absolute atomic E-state index is 8.77. The van der Waals surface area contributed by atoms with Crippen LogP contribution in [0.3, 0.4) is 0 Å². The van der Waals surface area contributed by atoms with Crippen LogP contribution in [-0.2, 0) is 11.8 Å². The fourth-order valence-corrected chi connectivity index (χ4v) is 1.16. The summed E-state index contributed by atoms with van der Waals surface area (Å²) in [4.78, 5) is 17.5. The van der Waals surface area contributed by atoms with Gasteiger partial charge >= 0.3 is 0 Å². The second-order valence-corrected chi connectivity index (χ2v) is 5.52. The Balaban J connectivity index is 3.82. The molecule has 0 rings (SSSR count). The fraction of sp³-hybridized carbons (Fsp3) is 1.00. The molecule has 0 amide bonds. The lowest BCUT2D eigenvalue weighted by molar-refractivity contribution is 0.462. The first-order valence-corrected chi connectivity index (χ1v) is 5.31. The van der Waals surface area contributed by atoms with E-state index in [1.54, 1.807) is 6.92 Å². The van der Waals surface area contributed by atoms with E-state index >= 15 is 0 Å². The number of hydrogen-bond acceptors (Lipinski definition) is 1. The molecule has 0 saturated carbocycles. The van der Waals surface area contributed by atoms with Crippen molar-refractivity contribution < 1.29 is 9.79 Å². The average Bonchev–Trinajstić information content (AvgIpc) is 1.62. The zero-order chi connectivity index (χ0) is 6.78. The summed E-state index contributed by atoms with van der Waals surface area (Å²) in [6.45, 7) is 0.714. The van der Waals surface area contributed by atoms with Gasteiger partial charge in [-0.2, -0.15) is 0 Å². The Hall–Kier alpha value is 0.570. The molecule has 0 aromatic rings. The van der Waals surface area contributed by atoms with Crippen molar-refractivity contribution >= 4 is 18.3 Å². The summed E-state index contributed by atoms with van der Waals surface area (Å²) in [5.41, 5.74) is -0.113. The van der Waals surface area contributed by atoms with Crippen molar-refractivity contribution in [1.82, 2.24) is 0 Å². The first-order valence-electron chi connectivity index (χ1n) is 2.53. The Morgan fingerprint density at radius 2 is 2.00 bits per heavy atom. The van der Waals surface area contributed by atoms with Gasteiger partial charge in [-0.25, -0.2) is 0 Å². The molecule has 1 atom stereocenters. The lowest BCUT2D eigenvalue weighted by Crippen LogP contribution is -1.98. The average molecular weight is 154 g/mol. The summed E-state index contributed by atoms with van der Waals surface area (Å²) in [5.74, 6) is 0. The SMILES string of the molecule is CCC(C)P(O)(O)=S. The molecule has 0 saturated heterocycles. The summed E-state index contributed by atoms with van der Waals surface area (Å²) in [5, 5.41) is 0. The van der Waals surface area contributed by atoms with Gasteiger partial charge in [-0.05, 0) is 18.2 Å². The quantitative estimate of drug-likeness (QED) is 0.585. The van der Waals surface area contributed by atoms with Crippen LogP contribution in [0.2, 0.25) is 0 Å². The molecule has 0 aliphatic rings. The van der Waals surface area contributed by atoms with Crippen molar-refractivity contribution in [1.29, 1.82) is 0 Å². The van der Waals surface area contributed by atoms with Gasteiger partial charge in [0, 0.05) is 5.66 Å². The predicted molar refractivity (Wildman–Crippen MR) is 38.5 cm³/mol. The normalized spacial score (nSPS) is 16.0. The highest BCUT2D eigenvalue weighted by molar-refractivity contribution is 8.09. The molecule has 50 valence electrons. The summed E-state index contributed by atoms with van der Waals surface area (Å²) >= 11 is 4.43. The lowest BCUT2D eigenvalue weighted by Gasteiger charge is -2.13. The first-order chi connectivity index (χ1) is 3.48. The summed E-state index contributed by atoms with van der Waals surface area (Å²) in [6.07, 6.45) is 0.740. The van der Waals surface area contributed by atoms with E-state index in [9.17, 15) is 0 Å². The van der Waals surface area contributed by atoms with Crippen molar-refractivity contribution in [3.63, 3.8) is 0 Å². The third kappa shape index (κ3) is 2.78. The predicted octanol–water partition coefficient (Wildman–Crippen LogP) is 1.08. The van der Waals surface area contributed by atoms with Crippen LogP contribution in [0.15, 0.2) is 0 Å². The molecule has 0 spiro atoms. The molecule has 1 unspecified atom stereocenters. The molecular weight excluding hydrogens is 143 g/mol. The van der Waals surface area contributed by atoms with Crippen molar-refractivity contribution in [3.05, 3.63) is 0 Å². The van der Waals surface area contributed by atoms with Crippen molar-refractivity contribution in [3.8, 4) is 0 Å². The Bertz CT molecular complexity index is 109. The maximum atomic E-state index is 8.77. The van der Waals surface area contributed by atoms with Crippen molar-refractivity contribution in [2.45, 2.75) is 25.9 Å². The summed E-state index contributed by atoms with van der Waals surface area (Å²) in [7, 11) is 0. The van der Waals surface area contributed by atoms with E-state index in [2.05, 4.69) is 11.8 Å². The van der Waals surface area contributed by atoms with Crippen LogP contribution >= 0.6 is 6.49 Å². The van der Waals surface area contributed by atoms with Crippen LogP contribution in [0, 0.1) is 0 Å². The van der Waals surface area contributed by atoms with Gasteiger partial charge in [0.15, 0.2) is 6.49 Å².